The zero-order valence-corrected chi connectivity index (χ0v) is 18.7. The van der Waals surface area contributed by atoms with Crippen molar-refractivity contribution < 1.29 is 0 Å². The molecule has 0 aliphatic carbocycles. The van der Waals surface area contributed by atoms with E-state index in [0.29, 0.717) is 0 Å². The maximum Gasteiger partial charge on any atom is 0.0463 e. The Labute approximate surface area is 196 Å². The predicted octanol–water partition coefficient (Wildman–Crippen LogP) is 8.93. The van der Waals surface area contributed by atoms with Crippen molar-refractivity contribution in [1.29, 1.82) is 0 Å². The van der Waals surface area contributed by atoms with Crippen LogP contribution in [0.5, 0.6) is 0 Å². The molecule has 0 radical (unpaired) electrons. The number of aryl methyl sites for hydroxylation is 1. The maximum atomic E-state index is 2.29. The van der Waals surface area contributed by atoms with Gasteiger partial charge in [0.25, 0.3) is 0 Å². The molecule has 0 saturated heterocycles. The Morgan fingerprint density at radius 3 is 0.848 bits per heavy atom. The maximum absolute atomic E-state index is 2.29. The molecule has 0 aliphatic rings. The molecule has 160 valence electrons. The van der Waals surface area contributed by atoms with Crippen LogP contribution in [0.4, 0.5) is 34.1 Å². The Balaban J connectivity index is 1.57. The molecule has 0 unspecified atom stereocenters. The summed E-state index contributed by atoms with van der Waals surface area (Å²) in [7, 11) is 0. The quantitative estimate of drug-likeness (QED) is 0.267. The van der Waals surface area contributed by atoms with E-state index in [1.165, 1.54) is 5.56 Å². The van der Waals surface area contributed by atoms with Gasteiger partial charge >= 0.3 is 0 Å². The minimum absolute atomic E-state index is 1.12. The Kier molecular flexibility index (Phi) is 5.90. The fraction of sp³-hybridized carbons (Fsp3) is 0.0323. The number of nitrogens with zero attached hydrogens (tertiary/aromatic N) is 2. The summed E-state index contributed by atoms with van der Waals surface area (Å²) in [5.41, 5.74) is 8.04. The van der Waals surface area contributed by atoms with Crippen LogP contribution in [-0.2, 0) is 0 Å². The van der Waals surface area contributed by atoms with Crippen LogP contribution >= 0.6 is 0 Å². The summed E-state index contributed by atoms with van der Waals surface area (Å²) < 4.78 is 0. The summed E-state index contributed by atoms with van der Waals surface area (Å²) in [6.45, 7) is 2.12. The first kappa shape index (κ1) is 20.6. The number of benzene rings is 5. The lowest BCUT2D eigenvalue weighted by Crippen LogP contribution is -2.12. The summed E-state index contributed by atoms with van der Waals surface area (Å²) in [5, 5.41) is 0. The van der Waals surface area contributed by atoms with Gasteiger partial charge in [-0.25, -0.2) is 0 Å². The fourth-order valence-electron chi connectivity index (χ4n) is 4.07. The lowest BCUT2D eigenvalue weighted by atomic mass is 10.1. The van der Waals surface area contributed by atoms with Gasteiger partial charge < -0.3 is 9.80 Å². The van der Waals surface area contributed by atoms with Gasteiger partial charge in [-0.2, -0.15) is 0 Å². The van der Waals surface area contributed by atoms with E-state index in [1.54, 1.807) is 0 Å². The molecule has 0 bridgehead atoms. The summed E-state index contributed by atoms with van der Waals surface area (Å²) in [6.07, 6.45) is 0. The Hall–Kier alpha value is -4.30. The Bertz CT molecular complexity index is 1240. The number of hydrogen-bond donors (Lipinski definition) is 0. The highest BCUT2D eigenvalue weighted by Gasteiger charge is 2.15. The fourth-order valence-corrected chi connectivity index (χ4v) is 4.07. The number of hydrogen-bond acceptors (Lipinski definition) is 2. The second-order valence-corrected chi connectivity index (χ2v) is 8.03. The summed E-state index contributed by atoms with van der Waals surface area (Å²) >= 11 is 0. The molecule has 5 aromatic carbocycles. The van der Waals surface area contributed by atoms with E-state index in [1.807, 2.05) is 0 Å². The smallest absolute Gasteiger partial charge is 0.0463 e. The largest absolute Gasteiger partial charge is 0.311 e. The SMILES string of the molecule is Cc1ccc(N(c2ccccc2)c2ccc(N(c3ccccc3)c3ccccc3)cc2)cc1. The van der Waals surface area contributed by atoms with Gasteiger partial charge in [0.05, 0.1) is 0 Å². The van der Waals surface area contributed by atoms with E-state index >= 15 is 0 Å². The van der Waals surface area contributed by atoms with E-state index in [9.17, 15) is 0 Å². The zero-order valence-electron chi connectivity index (χ0n) is 18.7. The molecule has 5 rings (SSSR count). The van der Waals surface area contributed by atoms with Gasteiger partial charge in [-0.3, -0.25) is 0 Å². The minimum atomic E-state index is 1.12. The molecule has 0 aromatic heterocycles. The first-order valence-corrected chi connectivity index (χ1v) is 11.2. The predicted molar refractivity (Wildman–Crippen MR) is 141 cm³/mol. The second kappa shape index (κ2) is 9.46. The van der Waals surface area contributed by atoms with E-state index in [0.717, 1.165) is 34.1 Å². The first-order valence-electron chi connectivity index (χ1n) is 11.2. The van der Waals surface area contributed by atoms with Crippen LogP contribution in [0.1, 0.15) is 5.56 Å². The number of rotatable bonds is 6. The van der Waals surface area contributed by atoms with Crippen molar-refractivity contribution in [3.05, 3.63) is 145 Å². The monoisotopic (exact) mass is 426 g/mol. The van der Waals surface area contributed by atoms with Crippen LogP contribution in [0.3, 0.4) is 0 Å². The molecule has 0 aliphatic heterocycles. The van der Waals surface area contributed by atoms with E-state index in [-0.39, 0.29) is 0 Å². The first-order chi connectivity index (χ1) is 16.3. The molecule has 0 saturated carbocycles. The normalized spacial score (nSPS) is 10.6. The average molecular weight is 427 g/mol. The van der Waals surface area contributed by atoms with Crippen LogP contribution in [0.15, 0.2) is 140 Å². The molecule has 0 fully saturated rings. The highest BCUT2D eigenvalue weighted by Crippen LogP contribution is 2.38. The van der Waals surface area contributed by atoms with Crippen molar-refractivity contribution >= 4 is 34.1 Å². The number of anilines is 6. The van der Waals surface area contributed by atoms with Gasteiger partial charge in [0.15, 0.2) is 0 Å². The molecule has 0 amide bonds. The molecular formula is C31H26N2. The third-order valence-electron chi connectivity index (χ3n) is 5.70. The van der Waals surface area contributed by atoms with Crippen molar-refractivity contribution in [3.8, 4) is 0 Å². The molecule has 0 spiro atoms. The zero-order chi connectivity index (χ0) is 22.5. The third kappa shape index (κ3) is 4.51. The van der Waals surface area contributed by atoms with Crippen molar-refractivity contribution in [3.63, 3.8) is 0 Å². The molecule has 2 nitrogen and oxygen atoms in total. The van der Waals surface area contributed by atoms with Crippen LogP contribution in [0.2, 0.25) is 0 Å². The highest BCUT2D eigenvalue weighted by molar-refractivity contribution is 5.81. The van der Waals surface area contributed by atoms with Crippen molar-refractivity contribution in [2.24, 2.45) is 0 Å². The van der Waals surface area contributed by atoms with Gasteiger partial charge in [0.2, 0.25) is 0 Å². The van der Waals surface area contributed by atoms with E-state index in [2.05, 4.69) is 156 Å². The van der Waals surface area contributed by atoms with Crippen LogP contribution in [0, 0.1) is 6.92 Å². The molecule has 33 heavy (non-hydrogen) atoms. The second-order valence-electron chi connectivity index (χ2n) is 8.03. The lowest BCUT2D eigenvalue weighted by molar-refractivity contribution is 1.25. The number of para-hydroxylation sites is 3. The van der Waals surface area contributed by atoms with E-state index < -0.39 is 0 Å². The summed E-state index contributed by atoms with van der Waals surface area (Å²) in [5.74, 6) is 0. The van der Waals surface area contributed by atoms with Crippen molar-refractivity contribution in [1.82, 2.24) is 0 Å². The van der Waals surface area contributed by atoms with Gasteiger partial charge in [-0.1, -0.05) is 72.3 Å². The van der Waals surface area contributed by atoms with Crippen molar-refractivity contribution in [2.75, 3.05) is 9.80 Å². The molecule has 0 N–H and O–H groups in total. The topological polar surface area (TPSA) is 6.48 Å². The standard InChI is InChI=1S/C31H26N2/c1-25-17-19-29(20-18-25)33(28-15-9-4-10-16-28)31-23-21-30(22-24-31)32(26-11-5-2-6-12-26)27-13-7-3-8-14-27/h2-24H,1H3. The lowest BCUT2D eigenvalue weighted by Gasteiger charge is -2.28. The van der Waals surface area contributed by atoms with Gasteiger partial charge in [0, 0.05) is 34.1 Å². The van der Waals surface area contributed by atoms with Crippen LogP contribution < -0.4 is 9.80 Å². The van der Waals surface area contributed by atoms with E-state index in [4.69, 9.17) is 0 Å². The Morgan fingerprint density at radius 1 is 0.303 bits per heavy atom. The molecule has 0 heterocycles. The minimum Gasteiger partial charge on any atom is -0.311 e. The van der Waals surface area contributed by atoms with Gasteiger partial charge in [0.1, 0.15) is 0 Å². The third-order valence-corrected chi connectivity index (χ3v) is 5.70. The summed E-state index contributed by atoms with van der Waals surface area (Å²) in [4.78, 5) is 4.57. The average Bonchev–Trinajstić information content (AvgIpc) is 2.88. The van der Waals surface area contributed by atoms with Gasteiger partial charge in [-0.15, -0.1) is 0 Å². The Morgan fingerprint density at radius 2 is 0.545 bits per heavy atom. The van der Waals surface area contributed by atoms with Crippen molar-refractivity contribution in [2.45, 2.75) is 6.92 Å². The van der Waals surface area contributed by atoms with Gasteiger partial charge in [-0.05, 0) is 79.7 Å². The van der Waals surface area contributed by atoms with Crippen LogP contribution in [-0.4, -0.2) is 0 Å². The molecule has 2 heteroatoms. The molecule has 5 aromatic rings. The summed E-state index contributed by atoms with van der Waals surface area (Å²) in [6, 6.07) is 48.9. The molecular weight excluding hydrogens is 400 g/mol. The van der Waals surface area contributed by atoms with Crippen LogP contribution in [0.25, 0.3) is 0 Å². The molecule has 0 atom stereocenters. The highest BCUT2D eigenvalue weighted by atomic mass is 15.2.